The zero-order valence-electron chi connectivity index (χ0n) is 12.1. The second-order valence-electron chi connectivity index (χ2n) is 5.83. The summed E-state index contributed by atoms with van der Waals surface area (Å²) in [5.41, 5.74) is 1.26. The van der Waals surface area contributed by atoms with Crippen molar-refractivity contribution >= 4 is 6.03 Å². The Bertz CT molecular complexity index is 466. The number of carbonyl (C=O) groups excluding carboxylic acids is 1. The summed E-state index contributed by atoms with van der Waals surface area (Å²) in [6, 6.07) is 2.52. The Morgan fingerprint density at radius 3 is 3.05 bits per heavy atom. The highest BCUT2D eigenvalue weighted by Crippen LogP contribution is 2.21. The van der Waals surface area contributed by atoms with E-state index in [1.807, 2.05) is 11.1 Å². The van der Waals surface area contributed by atoms with Crippen LogP contribution in [0.1, 0.15) is 31.0 Å². The van der Waals surface area contributed by atoms with Gasteiger partial charge < -0.3 is 10.2 Å². The second-order valence-corrected chi connectivity index (χ2v) is 5.83. The van der Waals surface area contributed by atoms with Gasteiger partial charge in [0, 0.05) is 38.9 Å². The lowest BCUT2D eigenvalue weighted by atomic mass is 10.1. The smallest absolute Gasteiger partial charge is 0.317 e. The van der Waals surface area contributed by atoms with Crippen molar-refractivity contribution in [2.45, 2.75) is 31.8 Å². The summed E-state index contributed by atoms with van der Waals surface area (Å²) in [5.74, 6) is 0. The molecule has 6 nitrogen and oxygen atoms in total. The molecule has 6 heteroatoms. The van der Waals surface area contributed by atoms with E-state index in [-0.39, 0.29) is 6.03 Å². The zero-order valence-corrected chi connectivity index (χ0v) is 12.1. The first kappa shape index (κ1) is 13.4. The molecule has 3 heterocycles. The third-order valence-corrected chi connectivity index (χ3v) is 4.20. The molecule has 1 unspecified atom stereocenters. The highest BCUT2D eigenvalue weighted by molar-refractivity contribution is 5.74. The van der Waals surface area contributed by atoms with E-state index in [0.29, 0.717) is 12.6 Å². The lowest BCUT2D eigenvalue weighted by Crippen LogP contribution is -2.40. The van der Waals surface area contributed by atoms with E-state index in [9.17, 15) is 4.79 Å². The van der Waals surface area contributed by atoms with E-state index in [1.54, 1.807) is 0 Å². The van der Waals surface area contributed by atoms with E-state index < -0.39 is 0 Å². The Hall–Kier alpha value is -1.56. The number of rotatable bonds is 3. The van der Waals surface area contributed by atoms with Crippen LogP contribution in [-0.4, -0.2) is 58.8 Å². The van der Waals surface area contributed by atoms with Crippen LogP contribution in [0.2, 0.25) is 0 Å². The van der Waals surface area contributed by atoms with Crippen molar-refractivity contribution in [2.24, 2.45) is 0 Å². The summed E-state index contributed by atoms with van der Waals surface area (Å²) in [5, 5.41) is 7.45. The number of likely N-dealkylation sites (N-methyl/N-ethyl adjacent to an activating group) is 1. The first-order valence-electron chi connectivity index (χ1n) is 7.48. The number of hydrogen-bond donors (Lipinski definition) is 1. The topological polar surface area (TPSA) is 53.4 Å². The molecule has 1 N–H and O–H groups in total. The number of fused-ring (bicyclic) bond motifs is 1. The molecular formula is C14H23N5O. The number of nitrogens with one attached hydrogen (secondary N) is 1. The third-order valence-electron chi connectivity index (χ3n) is 4.20. The van der Waals surface area contributed by atoms with Crippen molar-refractivity contribution in [1.82, 2.24) is 24.9 Å². The number of likely N-dealkylation sites (tertiary alicyclic amines) is 1. The standard InChI is InChI=1S/C14H23N5O/c1-17-10-12(19-13(11-17)5-7-16-19)4-6-15-14(20)18-8-2-3-9-18/h5,7,12H,2-4,6,8-11H2,1H3,(H,15,20). The van der Waals surface area contributed by atoms with Gasteiger partial charge in [-0.2, -0.15) is 5.10 Å². The van der Waals surface area contributed by atoms with Gasteiger partial charge in [-0.15, -0.1) is 0 Å². The molecule has 1 saturated heterocycles. The molecule has 20 heavy (non-hydrogen) atoms. The van der Waals surface area contributed by atoms with Gasteiger partial charge in [-0.05, 0) is 32.4 Å². The van der Waals surface area contributed by atoms with Crippen molar-refractivity contribution < 1.29 is 4.79 Å². The molecule has 1 aromatic rings. The van der Waals surface area contributed by atoms with Crippen LogP contribution in [0, 0.1) is 0 Å². The fraction of sp³-hybridized carbons (Fsp3) is 0.714. The molecule has 1 fully saturated rings. The van der Waals surface area contributed by atoms with Crippen molar-refractivity contribution in [1.29, 1.82) is 0 Å². The van der Waals surface area contributed by atoms with Crippen LogP contribution in [0.15, 0.2) is 12.3 Å². The molecule has 110 valence electrons. The maximum absolute atomic E-state index is 11.9. The van der Waals surface area contributed by atoms with Gasteiger partial charge in [0.25, 0.3) is 0 Å². The molecule has 0 aromatic carbocycles. The SMILES string of the molecule is CN1Cc2ccnn2C(CCNC(=O)N2CCCC2)C1. The maximum atomic E-state index is 11.9. The van der Waals surface area contributed by atoms with E-state index >= 15 is 0 Å². The molecule has 3 rings (SSSR count). The number of hydrogen-bond acceptors (Lipinski definition) is 3. The Labute approximate surface area is 119 Å². The van der Waals surface area contributed by atoms with Crippen LogP contribution in [-0.2, 0) is 6.54 Å². The average Bonchev–Trinajstić information content (AvgIpc) is 3.09. The van der Waals surface area contributed by atoms with E-state index in [1.165, 1.54) is 5.69 Å². The first-order chi connectivity index (χ1) is 9.74. The first-order valence-corrected chi connectivity index (χ1v) is 7.48. The van der Waals surface area contributed by atoms with Crippen LogP contribution in [0.5, 0.6) is 0 Å². The maximum Gasteiger partial charge on any atom is 0.317 e. The molecule has 0 bridgehead atoms. The molecule has 2 aliphatic rings. The normalized spacial score (nSPS) is 22.9. The Kier molecular flexibility index (Phi) is 3.91. The molecule has 2 amide bonds. The van der Waals surface area contributed by atoms with Crippen LogP contribution in [0.4, 0.5) is 4.79 Å². The zero-order chi connectivity index (χ0) is 13.9. The van der Waals surface area contributed by atoms with Crippen LogP contribution in [0.3, 0.4) is 0 Å². The minimum atomic E-state index is 0.0901. The van der Waals surface area contributed by atoms with Gasteiger partial charge in [-0.25, -0.2) is 4.79 Å². The molecule has 1 atom stereocenters. The lowest BCUT2D eigenvalue weighted by molar-refractivity contribution is 0.194. The second kappa shape index (κ2) is 5.83. The minimum absolute atomic E-state index is 0.0901. The van der Waals surface area contributed by atoms with E-state index in [4.69, 9.17) is 0 Å². The monoisotopic (exact) mass is 277 g/mol. The Morgan fingerprint density at radius 2 is 2.25 bits per heavy atom. The summed E-state index contributed by atoms with van der Waals surface area (Å²) in [6.45, 7) is 4.47. The van der Waals surface area contributed by atoms with Crippen LogP contribution in [0.25, 0.3) is 0 Å². The Morgan fingerprint density at radius 1 is 1.45 bits per heavy atom. The van der Waals surface area contributed by atoms with Crippen molar-refractivity contribution in [3.8, 4) is 0 Å². The minimum Gasteiger partial charge on any atom is -0.338 e. The third kappa shape index (κ3) is 2.80. The highest BCUT2D eigenvalue weighted by Gasteiger charge is 2.23. The molecule has 1 aromatic heterocycles. The number of nitrogens with zero attached hydrogens (tertiary/aromatic N) is 4. The van der Waals surface area contributed by atoms with Gasteiger partial charge >= 0.3 is 6.03 Å². The number of urea groups is 1. The predicted molar refractivity (Wildman–Crippen MR) is 76.4 cm³/mol. The van der Waals surface area contributed by atoms with Crippen molar-refractivity contribution in [2.75, 3.05) is 33.2 Å². The van der Waals surface area contributed by atoms with Crippen molar-refractivity contribution in [3.63, 3.8) is 0 Å². The molecule has 0 saturated carbocycles. The highest BCUT2D eigenvalue weighted by atomic mass is 16.2. The molecule has 0 radical (unpaired) electrons. The summed E-state index contributed by atoms with van der Waals surface area (Å²) in [7, 11) is 2.13. The molecule has 2 aliphatic heterocycles. The van der Waals surface area contributed by atoms with Crippen LogP contribution < -0.4 is 5.32 Å². The largest absolute Gasteiger partial charge is 0.338 e. The van der Waals surface area contributed by atoms with Crippen LogP contribution >= 0.6 is 0 Å². The number of amides is 2. The summed E-state index contributed by atoms with van der Waals surface area (Å²) in [6.07, 6.45) is 5.07. The van der Waals surface area contributed by atoms with Gasteiger partial charge in [0.1, 0.15) is 0 Å². The van der Waals surface area contributed by atoms with Gasteiger partial charge in [0.15, 0.2) is 0 Å². The Balaban J connectivity index is 1.50. The average molecular weight is 277 g/mol. The van der Waals surface area contributed by atoms with Gasteiger partial charge in [-0.1, -0.05) is 0 Å². The van der Waals surface area contributed by atoms with Gasteiger partial charge in [0.2, 0.25) is 0 Å². The summed E-state index contributed by atoms with van der Waals surface area (Å²) >= 11 is 0. The van der Waals surface area contributed by atoms with E-state index in [2.05, 4.69) is 33.1 Å². The predicted octanol–water partition coefficient (Wildman–Crippen LogP) is 1.07. The summed E-state index contributed by atoms with van der Waals surface area (Å²) in [4.78, 5) is 16.1. The number of carbonyl (C=O) groups is 1. The van der Waals surface area contributed by atoms with Crippen molar-refractivity contribution in [3.05, 3.63) is 18.0 Å². The van der Waals surface area contributed by atoms with Gasteiger partial charge in [0.05, 0.1) is 11.7 Å². The number of aromatic nitrogens is 2. The molecular weight excluding hydrogens is 254 g/mol. The van der Waals surface area contributed by atoms with Gasteiger partial charge in [-0.3, -0.25) is 9.58 Å². The molecule has 0 spiro atoms. The fourth-order valence-electron chi connectivity index (χ4n) is 3.17. The fourth-order valence-corrected chi connectivity index (χ4v) is 3.17. The lowest BCUT2D eigenvalue weighted by Gasteiger charge is -2.31. The van der Waals surface area contributed by atoms with E-state index in [0.717, 1.165) is 45.4 Å². The molecule has 0 aliphatic carbocycles. The quantitative estimate of drug-likeness (QED) is 0.899. The summed E-state index contributed by atoms with van der Waals surface area (Å²) < 4.78 is 2.11.